The van der Waals surface area contributed by atoms with Gasteiger partial charge in [0.25, 0.3) is 0 Å². The van der Waals surface area contributed by atoms with E-state index in [-0.39, 0.29) is 24.2 Å². The van der Waals surface area contributed by atoms with Gasteiger partial charge in [0.15, 0.2) is 0 Å². The molecule has 0 radical (unpaired) electrons. The molecule has 0 fully saturated rings. The Kier molecular flexibility index (Phi) is 6.74. The van der Waals surface area contributed by atoms with Crippen molar-refractivity contribution in [2.75, 3.05) is 11.9 Å². The summed E-state index contributed by atoms with van der Waals surface area (Å²) in [6.45, 7) is 0.0852. The molecule has 2 N–H and O–H groups in total. The maximum atomic E-state index is 13.9. The molecule has 0 saturated carbocycles. The van der Waals surface area contributed by atoms with Gasteiger partial charge in [0.2, 0.25) is 5.91 Å². The lowest BCUT2D eigenvalue weighted by atomic mass is 9.99. The molecule has 3 nitrogen and oxygen atoms in total. The first kappa shape index (κ1) is 19.3. The summed E-state index contributed by atoms with van der Waals surface area (Å²) in [6, 6.07) is 24.6. The fourth-order valence-corrected chi connectivity index (χ4v) is 3.18. The van der Waals surface area contributed by atoms with Crippen LogP contribution in [0.15, 0.2) is 83.3 Å². The van der Waals surface area contributed by atoms with Crippen LogP contribution in [-0.2, 0) is 11.2 Å². The smallest absolute Gasteiger partial charge is 0.238 e. The number of carbonyl (C=O) groups excluding carboxylic acids is 1. The first-order valence-electron chi connectivity index (χ1n) is 8.69. The molecule has 3 rings (SSSR count). The molecule has 0 saturated heterocycles. The number of benzene rings is 3. The van der Waals surface area contributed by atoms with Crippen molar-refractivity contribution in [3.05, 3.63) is 100 Å². The molecule has 3 aromatic rings. The molecule has 138 valence electrons. The van der Waals surface area contributed by atoms with E-state index in [4.69, 9.17) is 0 Å². The van der Waals surface area contributed by atoms with Crippen molar-refractivity contribution in [3.8, 4) is 0 Å². The zero-order valence-electron chi connectivity index (χ0n) is 14.7. The van der Waals surface area contributed by atoms with E-state index in [1.807, 2.05) is 48.5 Å². The molecule has 27 heavy (non-hydrogen) atoms. The van der Waals surface area contributed by atoms with Crippen LogP contribution in [0.3, 0.4) is 0 Å². The molecule has 0 heterocycles. The lowest BCUT2D eigenvalue weighted by Gasteiger charge is -2.19. The molecule has 0 aliphatic carbocycles. The highest BCUT2D eigenvalue weighted by molar-refractivity contribution is 9.10. The molecule has 5 heteroatoms. The molecule has 1 amide bonds. The maximum absolute atomic E-state index is 13.9. The largest absolute Gasteiger partial charge is 0.322 e. The van der Waals surface area contributed by atoms with Gasteiger partial charge in [-0.1, -0.05) is 76.6 Å². The predicted molar refractivity (Wildman–Crippen MR) is 110 cm³/mol. The number of hydrogen-bond donors (Lipinski definition) is 2. The Hall–Kier alpha value is -2.50. The van der Waals surface area contributed by atoms with Crippen molar-refractivity contribution in [1.82, 2.24) is 5.32 Å². The lowest BCUT2D eigenvalue weighted by molar-refractivity contribution is -0.115. The summed E-state index contributed by atoms with van der Waals surface area (Å²) < 4.78 is 14.5. The first-order chi connectivity index (χ1) is 13.1. The summed E-state index contributed by atoms with van der Waals surface area (Å²) >= 11 is 3.20. The third-order valence-corrected chi connectivity index (χ3v) is 4.69. The quantitative estimate of drug-likeness (QED) is 0.551. The van der Waals surface area contributed by atoms with Crippen LogP contribution in [0.1, 0.15) is 17.2 Å². The molecular formula is C22H20BrFN2O. The van der Waals surface area contributed by atoms with Gasteiger partial charge in [-0.2, -0.15) is 0 Å². The van der Waals surface area contributed by atoms with Crippen molar-refractivity contribution in [3.63, 3.8) is 0 Å². The normalized spacial score (nSPS) is 11.8. The van der Waals surface area contributed by atoms with Crippen LogP contribution in [0.5, 0.6) is 0 Å². The number of carbonyl (C=O) groups is 1. The molecule has 0 aliphatic heterocycles. The van der Waals surface area contributed by atoms with Crippen molar-refractivity contribution in [1.29, 1.82) is 0 Å². The number of hydrogen-bond acceptors (Lipinski definition) is 2. The average Bonchev–Trinajstić information content (AvgIpc) is 2.69. The van der Waals surface area contributed by atoms with Gasteiger partial charge in [0, 0.05) is 10.5 Å². The monoisotopic (exact) mass is 426 g/mol. The summed E-state index contributed by atoms with van der Waals surface area (Å²) in [5.41, 5.74) is 2.45. The molecule has 0 aromatic heterocycles. The van der Waals surface area contributed by atoms with Crippen LogP contribution in [0.4, 0.5) is 10.1 Å². The van der Waals surface area contributed by atoms with Crippen molar-refractivity contribution in [2.24, 2.45) is 0 Å². The highest BCUT2D eigenvalue weighted by atomic mass is 79.9. The summed E-state index contributed by atoms with van der Waals surface area (Å²) in [5.74, 6) is -0.758. The molecule has 0 bridgehead atoms. The van der Waals surface area contributed by atoms with Crippen LogP contribution in [0, 0.1) is 5.82 Å². The maximum Gasteiger partial charge on any atom is 0.238 e. The summed E-state index contributed by atoms with van der Waals surface area (Å²) in [6.07, 6.45) is 0.755. The van der Waals surface area contributed by atoms with E-state index in [2.05, 4.69) is 38.7 Å². The van der Waals surface area contributed by atoms with Gasteiger partial charge >= 0.3 is 0 Å². The molecule has 3 aromatic carbocycles. The Bertz CT molecular complexity index is 887. The van der Waals surface area contributed by atoms with E-state index in [1.54, 1.807) is 6.07 Å². The molecule has 1 atom stereocenters. The Morgan fingerprint density at radius 1 is 0.963 bits per heavy atom. The average molecular weight is 427 g/mol. The van der Waals surface area contributed by atoms with Gasteiger partial charge in [-0.05, 0) is 35.7 Å². The fraction of sp³-hybridized carbons (Fsp3) is 0.136. The minimum absolute atomic E-state index is 0.0193. The van der Waals surface area contributed by atoms with Gasteiger partial charge in [0.1, 0.15) is 5.82 Å². The predicted octanol–water partition coefficient (Wildman–Crippen LogP) is 5.10. The summed E-state index contributed by atoms with van der Waals surface area (Å²) in [4.78, 5) is 12.3. The van der Waals surface area contributed by atoms with Gasteiger partial charge in [-0.25, -0.2) is 4.39 Å². The number of nitrogens with one attached hydrogen (secondary N) is 2. The van der Waals surface area contributed by atoms with E-state index in [0.717, 1.165) is 12.0 Å². The van der Waals surface area contributed by atoms with Gasteiger partial charge in [-0.15, -0.1) is 0 Å². The second-order valence-corrected chi connectivity index (χ2v) is 7.12. The van der Waals surface area contributed by atoms with Crippen LogP contribution in [-0.4, -0.2) is 12.5 Å². The number of anilines is 1. The third-order valence-electron chi connectivity index (χ3n) is 4.20. The zero-order chi connectivity index (χ0) is 19.1. The number of amides is 1. The molecular weight excluding hydrogens is 407 g/mol. The minimum atomic E-state index is -0.471. The van der Waals surface area contributed by atoms with Crippen LogP contribution < -0.4 is 10.6 Å². The number of rotatable bonds is 7. The highest BCUT2D eigenvalue weighted by Gasteiger charge is 2.14. The van der Waals surface area contributed by atoms with Crippen molar-refractivity contribution >= 4 is 27.5 Å². The standard InChI is InChI=1S/C22H20BrFN2O/c23-18-11-12-20(19(24)14-18)26-22(27)15-25-21(17-9-5-2-6-10-17)13-16-7-3-1-4-8-16/h1-12,14,21,25H,13,15H2,(H,26,27). The second kappa shape index (κ2) is 9.44. The zero-order valence-corrected chi connectivity index (χ0v) is 16.2. The first-order valence-corrected chi connectivity index (χ1v) is 9.48. The Morgan fingerprint density at radius 2 is 1.63 bits per heavy atom. The lowest BCUT2D eigenvalue weighted by Crippen LogP contribution is -2.32. The van der Waals surface area contributed by atoms with Gasteiger partial charge in [0.05, 0.1) is 12.2 Å². The Labute approximate surface area is 166 Å². The Morgan fingerprint density at radius 3 is 2.30 bits per heavy atom. The van der Waals surface area contributed by atoms with E-state index in [0.29, 0.717) is 4.47 Å². The van der Waals surface area contributed by atoms with E-state index < -0.39 is 5.82 Å². The van der Waals surface area contributed by atoms with E-state index in [9.17, 15) is 9.18 Å². The van der Waals surface area contributed by atoms with Gasteiger partial charge in [-0.3, -0.25) is 4.79 Å². The van der Waals surface area contributed by atoms with Crippen LogP contribution in [0.25, 0.3) is 0 Å². The molecule has 0 aliphatic rings. The number of halogens is 2. The molecule has 0 spiro atoms. The third kappa shape index (κ3) is 5.74. The Balaban J connectivity index is 1.66. The highest BCUT2D eigenvalue weighted by Crippen LogP contribution is 2.20. The van der Waals surface area contributed by atoms with Crippen LogP contribution >= 0.6 is 15.9 Å². The second-order valence-electron chi connectivity index (χ2n) is 6.21. The fourth-order valence-electron chi connectivity index (χ4n) is 2.84. The van der Waals surface area contributed by atoms with Crippen molar-refractivity contribution in [2.45, 2.75) is 12.5 Å². The van der Waals surface area contributed by atoms with Crippen molar-refractivity contribution < 1.29 is 9.18 Å². The topological polar surface area (TPSA) is 41.1 Å². The van der Waals surface area contributed by atoms with E-state index in [1.165, 1.54) is 17.7 Å². The minimum Gasteiger partial charge on any atom is -0.322 e. The SMILES string of the molecule is O=C(CNC(Cc1ccccc1)c1ccccc1)Nc1ccc(Br)cc1F. The summed E-state index contributed by atoms with van der Waals surface area (Å²) in [7, 11) is 0. The van der Waals surface area contributed by atoms with Gasteiger partial charge < -0.3 is 10.6 Å². The van der Waals surface area contributed by atoms with Crippen LogP contribution in [0.2, 0.25) is 0 Å². The summed E-state index contributed by atoms with van der Waals surface area (Å²) in [5, 5.41) is 5.90. The van der Waals surface area contributed by atoms with E-state index >= 15 is 0 Å². The molecule has 1 unspecified atom stereocenters.